The molecule has 0 saturated carbocycles. The van der Waals surface area contributed by atoms with Crippen LogP contribution in [0.1, 0.15) is 0 Å². The van der Waals surface area contributed by atoms with Gasteiger partial charge in [0.2, 0.25) is 5.82 Å². The zero-order chi connectivity index (χ0) is 13.4. The third-order valence-electron chi connectivity index (χ3n) is 2.44. The summed E-state index contributed by atoms with van der Waals surface area (Å²) in [6, 6.07) is 6.19. The fraction of sp³-hybridized carbons (Fsp3) is 0. The van der Waals surface area contributed by atoms with E-state index in [4.69, 9.17) is 10.3 Å². The van der Waals surface area contributed by atoms with Crippen LogP contribution in [0.5, 0.6) is 0 Å². The Labute approximate surface area is 120 Å². The van der Waals surface area contributed by atoms with E-state index in [1.807, 2.05) is 5.38 Å². The monoisotopic (exact) mass is 339 g/mol. The Balaban J connectivity index is 2.04. The summed E-state index contributed by atoms with van der Waals surface area (Å²) >= 11 is 4.64. The molecule has 0 spiro atoms. The predicted molar refractivity (Wildman–Crippen MR) is 75.1 cm³/mol. The molecule has 0 aliphatic rings. The fourth-order valence-electron chi connectivity index (χ4n) is 1.61. The molecule has 0 amide bonds. The first-order valence-electron chi connectivity index (χ1n) is 5.27. The number of halogens is 2. The molecule has 0 bridgehead atoms. The fourth-order valence-corrected chi connectivity index (χ4v) is 2.81. The Hall–Kier alpha value is -1.73. The minimum atomic E-state index is -0.369. The topological polar surface area (TPSA) is 64.9 Å². The van der Waals surface area contributed by atoms with E-state index in [0.717, 1.165) is 0 Å². The van der Waals surface area contributed by atoms with Gasteiger partial charge in [0.25, 0.3) is 5.89 Å². The standard InChI is InChI=1S/C12H7BrFN3OS/c13-7-3-6(4-8(14)5-7)11-16-12(18-17-11)10-9(15)1-2-19-10/h1-5H,15H2. The van der Waals surface area contributed by atoms with Crippen molar-refractivity contribution >= 4 is 33.0 Å². The molecule has 0 saturated heterocycles. The van der Waals surface area contributed by atoms with E-state index < -0.39 is 0 Å². The Morgan fingerprint density at radius 2 is 2.16 bits per heavy atom. The van der Waals surface area contributed by atoms with Gasteiger partial charge in [0.15, 0.2) is 0 Å². The van der Waals surface area contributed by atoms with Crippen LogP contribution in [0.4, 0.5) is 10.1 Å². The van der Waals surface area contributed by atoms with Crippen molar-refractivity contribution in [2.75, 3.05) is 5.73 Å². The maximum Gasteiger partial charge on any atom is 0.270 e. The number of benzene rings is 1. The number of nitrogen functional groups attached to an aromatic ring is 1. The van der Waals surface area contributed by atoms with Crippen LogP contribution in [0, 0.1) is 5.82 Å². The van der Waals surface area contributed by atoms with Crippen molar-refractivity contribution in [3.8, 4) is 22.2 Å². The third-order valence-corrected chi connectivity index (χ3v) is 3.81. The Bertz CT molecular complexity index is 720. The van der Waals surface area contributed by atoms with Crippen molar-refractivity contribution in [1.82, 2.24) is 10.1 Å². The smallest absolute Gasteiger partial charge is 0.270 e. The van der Waals surface area contributed by atoms with Crippen LogP contribution in [-0.2, 0) is 0 Å². The molecule has 4 nitrogen and oxygen atoms in total. The van der Waals surface area contributed by atoms with Gasteiger partial charge in [-0.05, 0) is 29.6 Å². The average Bonchev–Trinajstić information content (AvgIpc) is 2.95. The van der Waals surface area contributed by atoms with Gasteiger partial charge >= 0.3 is 0 Å². The largest absolute Gasteiger partial charge is 0.397 e. The highest BCUT2D eigenvalue weighted by molar-refractivity contribution is 9.10. The minimum Gasteiger partial charge on any atom is -0.397 e. The van der Waals surface area contributed by atoms with Crippen LogP contribution >= 0.6 is 27.3 Å². The van der Waals surface area contributed by atoms with Gasteiger partial charge in [-0.25, -0.2) is 4.39 Å². The van der Waals surface area contributed by atoms with E-state index >= 15 is 0 Å². The summed E-state index contributed by atoms with van der Waals surface area (Å²) in [7, 11) is 0. The van der Waals surface area contributed by atoms with Crippen molar-refractivity contribution in [1.29, 1.82) is 0 Å². The molecule has 0 aliphatic carbocycles. The molecule has 7 heteroatoms. The first kappa shape index (κ1) is 12.3. The maximum atomic E-state index is 13.3. The van der Waals surface area contributed by atoms with Crippen LogP contribution in [-0.4, -0.2) is 10.1 Å². The summed E-state index contributed by atoms with van der Waals surface area (Å²) in [6.45, 7) is 0. The molecule has 2 N–H and O–H groups in total. The molecular weight excluding hydrogens is 333 g/mol. The number of rotatable bonds is 2. The molecule has 2 heterocycles. The highest BCUT2D eigenvalue weighted by atomic mass is 79.9. The van der Waals surface area contributed by atoms with Gasteiger partial charge in [0.1, 0.15) is 10.7 Å². The van der Waals surface area contributed by atoms with E-state index in [1.165, 1.54) is 23.5 Å². The molecule has 2 aromatic heterocycles. The third kappa shape index (κ3) is 2.39. The second-order valence-corrected chi connectivity index (χ2v) is 5.62. The van der Waals surface area contributed by atoms with E-state index in [1.54, 1.807) is 12.1 Å². The molecule has 19 heavy (non-hydrogen) atoms. The number of hydrogen-bond acceptors (Lipinski definition) is 5. The predicted octanol–water partition coefficient (Wildman–Crippen LogP) is 3.95. The van der Waals surface area contributed by atoms with Crippen molar-refractivity contribution in [3.05, 3.63) is 39.9 Å². The van der Waals surface area contributed by atoms with Crippen LogP contribution < -0.4 is 5.73 Å². The summed E-state index contributed by atoms with van der Waals surface area (Å²) in [5.41, 5.74) is 6.91. The SMILES string of the molecule is Nc1ccsc1-c1nc(-c2cc(F)cc(Br)c2)no1. The minimum absolute atomic E-state index is 0.322. The van der Waals surface area contributed by atoms with Gasteiger partial charge in [-0.15, -0.1) is 11.3 Å². The molecule has 3 aromatic rings. The molecule has 3 rings (SSSR count). The molecular formula is C12H7BrFN3OS. The van der Waals surface area contributed by atoms with Gasteiger partial charge in [-0.2, -0.15) is 4.98 Å². The van der Waals surface area contributed by atoms with Gasteiger partial charge in [-0.1, -0.05) is 21.1 Å². The van der Waals surface area contributed by atoms with Gasteiger partial charge in [0, 0.05) is 10.0 Å². The van der Waals surface area contributed by atoms with E-state index in [2.05, 4.69) is 26.1 Å². The number of thiophene rings is 1. The first-order chi connectivity index (χ1) is 9.13. The molecule has 96 valence electrons. The Morgan fingerprint density at radius 1 is 1.32 bits per heavy atom. The number of nitrogens with zero attached hydrogens (tertiary/aromatic N) is 2. The zero-order valence-corrected chi connectivity index (χ0v) is 11.8. The number of aromatic nitrogens is 2. The van der Waals surface area contributed by atoms with Crippen molar-refractivity contribution in [3.63, 3.8) is 0 Å². The lowest BCUT2D eigenvalue weighted by atomic mass is 10.2. The van der Waals surface area contributed by atoms with E-state index in [-0.39, 0.29) is 5.82 Å². The molecule has 0 radical (unpaired) electrons. The van der Waals surface area contributed by atoms with Crippen LogP contribution in [0.15, 0.2) is 38.6 Å². The second-order valence-electron chi connectivity index (χ2n) is 3.79. The lowest BCUT2D eigenvalue weighted by molar-refractivity contribution is 0.433. The summed E-state index contributed by atoms with van der Waals surface area (Å²) in [5, 5.41) is 5.68. The molecule has 1 aromatic carbocycles. The van der Waals surface area contributed by atoms with Crippen LogP contribution in [0.25, 0.3) is 22.2 Å². The lowest BCUT2D eigenvalue weighted by Gasteiger charge is -1.96. The van der Waals surface area contributed by atoms with Gasteiger partial charge in [-0.3, -0.25) is 0 Å². The van der Waals surface area contributed by atoms with Crippen molar-refractivity contribution in [2.24, 2.45) is 0 Å². The van der Waals surface area contributed by atoms with Gasteiger partial charge < -0.3 is 10.3 Å². The highest BCUT2D eigenvalue weighted by Gasteiger charge is 2.14. The highest BCUT2D eigenvalue weighted by Crippen LogP contribution is 2.32. The maximum absolute atomic E-state index is 13.3. The van der Waals surface area contributed by atoms with Crippen LogP contribution in [0.2, 0.25) is 0 Å². The molecule has 0 fully saturated rings. The molecule has 0 unspecified atom stereocenters. The number of hydrogen-bond donors (Lipinski definition) is 1. The van der Waals surface area contributed by atoms with Gasteiger partial charge in [0.05, 0.1) is 5.69 Å². The normalized spacial score (nSPS) is 10.8. The average molecular weight is 340 g/mol. The summed E-state index contributed by atoms with van der Waals surface area (Å²) in [5.74, 6) is 0.289. The van der Waals surface area contributed by atoms with Crippen LogP contribution in [0.3, 0.4) is 0 Å². The Morgan fingerprint density at radius 3 is 2.84 bits per heavy atom. The lowest BCUT2D eigenvalue weighted by Crippen LogP contribution is -1.85. The zero-order valence-electron chi connectivity index (χ0n) is 9.43. The molecule has 0 aliphatic heterocycles. The summed E-state index contributed by atoms with van der Waals surface area (Å²) in [6.07, 6.45) is 0. The first-order valence-corrected chi connectivity index (χ1v) is 6.94. The van der Waals surface area contributed by atoms with E-state index in [0.29, 0.717) is 32.3 Å². The summed E-state index contributed by atoms with van der Waals surface area (Å²) < 4.78 is 19.1. The number of nitrogens with two attached hydrogens (primary N) is 1. The Kier molecular flexibility index (Phi) is 3.08. The number of anilines is 1. The van der Waals surface area contributed by atoms with Crippen molar-refractivity contribution in [2.45, 2.75) is 0 Å². The quantitative estimate of drug-likeness (QED) is 0.767. The second kappa shape index (κ2) is 4.75. The van der Waals surface area contributed by atoms with Crippen molar-refractivity contribution < 1.29 is 8.91 Å². The molecule has 0 atom stereocenters. The van der Waals surface area contributed by atoms with E-state index in [9.17, 15) is 4.39 Å². The summed E-state index contributed by atoms with van der Waals surface area (Å²) in [4.78, 5) is 4.95.